The van der Waals surface area contributed by atoms with E-state index in [4.69, 9.17) is 5.73 Å². The fourth-order valence-corrected chi connectivity index (χ4v) is 2.43. The van der Waals surface area contributed by atoms with Gasteiger partial charge in [-0.2, -0.15) is 5.10 Å². The monoisotopic (exact) mass is 259 g/mol. The standard InChI is InChI=1S/C10H18BrN3/c1-4-7(5-2)9(12)10-8(11)6-13-14(10)3/h6-7,9H,4-5,12H2,1-3H3. The molecule has 0 amide bonds. The summed E-state index contributed by atoms with van der Waals surface area (Å²) in [6, 6.07) is 0.0758. The maximum absolute atomic E-state index is 6.22. The lowest BCUT2D eigenvalue weighted by Crippen LogP contribution is -2.23. The molecular formula is C10H18BrN3. The van der Waals surface area contributed by atoms with Gasteiger partial charge < -0.3 is 5.73 Å². The number of nitrogens with zero attached hydrogens (tertiary/aromatic N) is 2. The van der Waals surface area contributed by atoms with Crippen molar-refractivity contribution >= 4 is 15.9 Å². The number of rotatable bonds is 4. The third-order valence-electron chi connectivity index (χ3n) is 2.81. The van der Waals surface area contributed by atoms with E-state index in [0.717, 1.165) is 23.0 Å². The van der Waals surface area contributed by atoms with E-state index in [0.29, 0.717) is 5.92 Å². The smallest absolute Gasteiger partial charge is 0.0692 e. The summed E-state index contributed by atoms with van der Waals surface area (Å²) in [6.45, 7) is 4.36. The second kappa shape index (κ2) is 4.94. The lowest BCUT2D eigenvalue weighted by molar-refractivity contribution is 0.387. The van der Waals surface area contributed by atoms with Crippen molar-refractivity contribution in [2.75, 3.05) is 0 Å². The zero-order valence-electron chi connectivity index (χ0n) is 9.00. The van der Waals surface area contributed by atoms with Crippen molar-refractivity contribution in [2.24, 2.45) is 18.7 Å². The first-order valence-corrected chi connectivity index (χ1v) is 5.84. The van der Waals surface area contributed by atoms with Crippen LogP contribution >= 0.6 is 15.9 Å². The number of hydrogen-bond donors (Lipinski definition) is 1. The molecule has 0 aliphatic heterocycles. The summed E-state index contributed by atoms with van der Waals surface area (Å²) in [5.41, 5.74) is 7.31. The zero-order chi connectivity index (χ0) is 10.7. The van der Waals surface area contributed by atoms with Crippen molar-refractivity contribution in [3.8, 4) is 0 Å². The molecule has 1 atom stereocenters. The van der Waals surface area contributed by atoms with Crippen molar-refractivity contribution in [1.82, 2.24) is 9.78 Å². The lowest BCUT2D eigenvalue weighted by Gasteiger charge is -2.21. The molecule has 1 aromatic rings. The molecule has 0 saturated carbocycles. The molecule has 0 saturated heterocycles. The van der Waals surface area contributed by atoms with Gasteiger partial charge in [0.15, 0.2) is 0 Å². The predicted molar refractivity (Wildman–Crippen MR) is 61.9 cm³/mol. The maximum atomic E-state index is 6.22. The second-order valence-corrected chi connectivity index (χ2v) is 4.46. The SMILES string of the molecule is CCC(CC)C(N)c1c(Br)cnn1C. The van der Waals surface area contributed by atoms with Gasteiger partial charge in [-0.3, -0.25) is 4.68 Å². The molecular weight excluding hydrogens is 242 g/mol. The summed E-state index contributed by atoms with van der Waals surface area (Å²) < 4.78 is 2.87. The van der Waals surface area contributed by atoms with Crippen LogP contribution in [0.2, 0.25) is 0 Å². The van der Waals surface area contributed by atoms with Crippen LogP contribution in [0.4, 0.5) is 0 Å². The third kappa shape index (κ3) is 2.17. The van der Waals surface area contributed by atoms with E-state index in [1.54, 1.807) is 6.20 Å². The minimum absolute atomic E-state index is 0.0758. The molecule has 4 heteroatoms. The van der Waals surface area contributed by atoms with Crippen LogP contribution in [-0.2, 0) is 7.05 Å². The van der Waals surface area contributed by atoms with Crippen LogP contribution in [0.15, 0.2) is 10.7 Å². The van der Waals surface area contributed by atoms with E-state index in [1.165, 1.54) is 0 Å². The highest BCUT2D eigenvalue weighted by Gasteiger charge is 2.21. The van der Waals surface area contributed by atoms with Gasteiger partial charge >= 0.3 is 0 Å². The van der Waals surface area contributed by atoms with E-state index in [1.807, 2.05) is 11.7 Å². The molecule has 1 heterocycles. The van der Waals surface area contributed by atoms with E-state index >= 15 is 0 Å². The molecule has 3 nitrogen and oxygen atoms in total. The Morgan fingerprint density at radius 2 is 2.07 bits per heavy atom. The Bertz CT molecular complexity index is 272. The number of nitrogens with two attached hydrogens (primary N) is 1. The van der Waals surface area contributed by atoms with Gasteiger partial charge in [0.05, 0.1) is 22.4 Å². The maximum Gasteiger partial charge on any atom is 0.0692 e. The van der Waals surface area contributed by atoms with Crippen LogP contribution in [-0.4, -0.2) is 9.78 Å². The topological polar surface area (TPSA) is 43.8 Å². The molecule has 80 valence electrons. The zero-order valence-corrected chi connectivity index (χ0v) is 10.6. The molecule has 1 rings (SSSR count). The molecule has 0 spiro atoms. The van der Waals surface area contributed by atoms with E-state index < -0.39 is 0 Å². The number of halogens is 1. The highest BCUT2D eigenvalue weighted by Crippen LogP contribution is 2.29. The average Bonchev–Trinajstić information content (AvgIpc) is 2.48. The van der Waals surface area contributed by atoms with Gasteiger partial charge in [-0.1, -0.05) is 26.7 Å². The van der Waals surface area contributed by atoms with Crippen molar-refractivity contribution in [3.05, 3.63) is 16.4 Å². The highest BCUT2D eigenvalue weighted by molar-refractivity contribution is 9.10. The summed E-state index contributed by atoms with van der Waals surface area (Å²) in [4.78, 5) is 0. The summed E-state index contributed by atoms with van der Waals surface area (Å²) in [7, 11) is 1.93. The van der Waals surface area contributed by atoms with Gasteiger partial charge in [0.1, 0.15) is 0 Å². The van der Waals surface area contributed by atoms with E-state index in [-0.39, 0.29) is 6.04 Å². The Morgan fingerprint density at radius 1 is 1.50 bits per heavy atom. The normalized spacial score (nSPS) is 13.6. The number of aryl methyl sites for hydroxylation is 1. The molecule has 1 unspecified atom stereocenters. The summed E-state index contributed by atoms with van der Waals surface area (Å²) >= 11 is 3.48. The first kappa shape index (κ1) is 11.7. The van der Waals surface area contributed by atoms with Crippen LogP contribution in [0.5, 0.6) is 0 Å². The molecule has 1 aromatic heterocycles. The fourth-order valence-electron chi connectivity index (χ4n) is 1.81. The Kier molecular flexibility index (Phi) is 4.13. The van der Waals surface area contributed by atoms with Gasteiger partial charge in [-0.15, -0.1) is 0 Å². The third-order valence-corrected chi connectivity index (χ3v) is 3.42. The van der Waals surface area contributed by atoms with Crippen LogP contribution in [0.25, 0.3) is 0 Å². The molecule has 0 aromatic carbocycles. The van der Waals surface area contributed by atoms with Crippen molar-refractivity contribution in [1.29, 1.82) is 0 Å². The van der Waals surface area contributed by atoms with Crippen LogP contribution in [0, 0.1) is 5.92 Å². The van der Waals surface area contributed by atoms with E-state index in [2.05, 4.69) is 34.9 Å². The van der Waals surface area contributed by atoms with Gasteiger partial charge in [0.25, 0.3) is 0 Å². The summed E-state index contributed by atoms with van der Waals surface area (Å²) in [5.74, 6) is 0.529. The Labute approximate surface area is 93.8 Å². The molecule has 0 aliphatic carbocycles. The highest BCUT2D eigenvalue weighted by atomic mass is 79.9. The average molecular weight is 260 g/mol. The van der Waals surface area contributed by atoms with Crippen LogP contribution < -0.4 is 5.73 Å². The van der Waals surface area contributed by atoms with Gasteiger partial charge in [0, 0.05) is 7.05 Å². The van der Waals surface area contributed by atoms with E-state index in [9.17, 15) is 0 Å². The van der Waals surface area contributed by atoms with Crippen molar-refractivity contribution < 1.29 is 0 Å². The predicted octanol–water partition coefficient (Wildman–Crippen LogP) is 2.62. The van der Waals surface area contributed by atoms with Crippen molar-refractivity contribution in [2.45, 2.75) is 32.7 Å². The Morgan fingerprint density at radius 3 is 2.43 bits per heavy atom. The Hall–Kier alpha value is -0.350. The molecule has 0 radical (unpaired) electrons. The van der Waals surface area contributed by atoms with Crippen molar-refractivity contribution in [3.63, 3.8) is 0 Å². The first-order chi connectivity index (χ1) is 6.61. The van der Waals surface area contributed by atoms with Crippen LogP contribution in [0.3, 0.4) is 0 Å². The molecule has 0 aliphatic rings. The lowest BCUT2D eigenvalue weighted by atomic mass is 9.92. The number of hydrogen-bond acceptors (Lipinski definition) is 2. The first-order valence-electron chi connectivity index (χ1n) is 5.04. The largest absolute Gasteiger partial charge is 0.322 e. The van der Waals surface area contributed by atoms with Gasteiger partial charge in [-0.05, 0) is 21.8 Å². The molecule has 2 N–H and O–H groups in total. The number of aromatic nitrogens is 2. The van der Waals surface area contributed by atoms with Crippen LogP contribution in [0.1, 0.15) is 38.4 Å². The molecule has 0 bridgehead atoms. The fraction of sp³-hybridized carbons (Fsp3) is 0.700. The minimum Gasteiger partial charge on any atom is -0.322 e. The van der Waals surface area contributed by atoms with Gasteiger partial charge in [0.2, 0.25) is 0 Å². The summed E-state index contributed by atoms with van der Waals surface area (Å²) in [5, 5.41) is 4.18. The molecule has 14 heavy (non-hydrogen) atoms. The minimum atomic E-state index is 0.0758. The molecule has 0 fully saturated rings. The summed E-state index contributed by atoms with van der Waals surface area (Å²) in [6.07, 6.45) is 4.02. The Balaban J connectivity index is 2.92. The van der Waals surface area contributed by atoms with Gasteiger partial charge in [-0.25, -0.2) is 0 Å². The quantitative estimate of drug-likeness (QED) is 0.904. The second-order valence-electron chi connectivity index (χ2n) is 3.60.